The molecule has 0 spiro atoms. The molecule has 2 atom stereocenters. The van der Waals surface area contributed by atoms with Crippen LogP contribution in [0.25, 0.3) is 0 Å². The molecule has 1 saturated heterocycles. The van der Waals surface area contributed by atoms with Gasteiger partial charge in [-0.15, -0.1) is 0 Å². The van der Waals surface area contributed by atoms with E-state index in [1.54, 1.807) is 0 Å². The van der Waals surface area contributed by atoms with Crippen molar-refractivity contribution in [3.05, 3.63) is 23.8 Å². The van der Waals surface area contributed by atoms with Crippen LogP contribution in [0.1, 0.15) is 49.7 Å². The van der Waals surface area contributed by atoms with Crippen LogP contribution in [0, 0.1) is 12.8 Å². The fraction of sp³-hybridized carbons (Fsp3) is 0.733. The molecular weight excluding hydrogens is 236 g/mol. The predicted octanol–water partition coefficient (Wildman–Crippen LogP) is 2.05. The molecule has 2 unspecified atom stereocenters. The Morgan fingerprint density at radius 2 is 2.16 bits per heavy atom. The van der Waals surface area contributed by atoms with Crippen molar-refractivity contribution in [3.8, 4) is 0 Å². The van der Waals surface area contributed by atoms with E-state index in [1.807, 2.05) is 13.1 Å². The maximum absolute atomic E-state index is 6.05. The fourth-order valence-electron chi connectivity index (χ4n) is 3.38. The van der Waals surface area contributed by atoms with Crippen LogP contribution in [-0.4, -0.2) is 34.0 Å². The van der Waals surface area contributed by atoms with Crippen molar-refractivity contribution in [3.63, 3.8) is 0 Å². The summed E-state index contributed by atoms with van der Waals surface area (Å²) in [5, 5.41) is 0. The van der Waals surface area contributed by atoms with Crippen molar-refractivity contribution < 1.29 is 0 Å². The molecule has 2 fully saturated rings. The number of aryl methyl sites for hydroxylation is 1. The van der Waals surface area contributed by atoms with Crippen LogP contribution < -0.4 is 5.73 Å². The Kier molecular flexibility index (Phi) is 3.80. The molecule has 2 N–H and O–H groups in total. The average Bonchev–Trinajstić information content (AvgIpc) is 3.24. The highest BCUT2D eigenvalue weighted by Gasteiger charge is 2.39. The summed E-state index contributed by atoms with van der Waals surface area (Å²) in [6.45, 7) is 3.94. The number of aromatic nitrogens is 2. The van der Waals surface area contributed by atoms with Gasteiger partial charge in [0.15, 0.2) is 0 Å². The van der Waals surface area contributed by atoms with E-state index in [0.29, 0.717) is 12.0 Å². The second-order valence-electron chi connectivity index (χ2n) is 5.93. The van der Waals surface area contributed by atoms with Gasteiger partial charge in [0, 0.05) is 12.2 Å². The third-order valence-electron chi connectivity index (χ3n) is 4.46. The lowest BCUT2D eigenvalue weighted by atomic mass is 9.92. The summed E-state index contributed by atoms with van der Waals surface area (Å²) in [4.78, 5) is 11.6. The quantitative estimate of drug-likeness (QED) is 0.903. The van der Waals surface area contributed by atoms with Gasteiger partial charge in [-0.05, 0) is 57.7 Å². The molecule has 1 aliphatic carbocycles. The molecule has 0 aromatic carbocycles. The Labute approximate surface area is 115 Å². The molecule has 0 radical (unpaired) electrons. The van der Waals surface area contributed by atoms with Crippen LogP contribution in [0.4, 0.5) is 0 Å². The van der Waals surface area contributed by atoms with Crippen LogP contribution in [0.2, 0.25) is 0 Å². The smallest absolute Gasteiger partial charge is 0.125 e. The number of nitrogens with zero attached hydrogens (tertiary/aromatic N) is 3. The zero-order valence-electron chi connectivity index (χ0n) is 11.8. The molecule has 4 nitrogen and oxygen atoms in total. The molecule has 19 heavy (non-hydrogen) atoms. The molecule has 3 rings (SSSR count). The summed E-state index contributed by atoms with van der Waals surface area (Å²) in [5.74, 6) is 1.41. The first-order valence-electron chi connectivity index (χ1n) is 7.55. The van der Waals surface area contributed by atoms with Crippen molar-refractivity contribution in [1.29, 1.82) is 0 Å². The van der Waals surface area contributed by atoms with E-state index in [2.05, 4.69) is 20.9 Å². The molecule has 1 aliphatic heterocycles. The zero-order chi connectivity index (χ0) is 13.2. The van der Waals surface area contributed by atoms with Crippen LogP contribution in [0.3, 0.4) is 0 Å². The fourth-order valence-corrected chi connectivity index (χ4v) is 3.38. The van der Waals surface area contributed by atoms with Gasteiger partial charge in [-0.2, -0.15) is 0 Å². The zero-order valence-corrected chi connectivity index (χ0v) is 11.8. The van der Waals surface area contributed by atoms with E-state index in [4.69, 9.17) is 5.73 Å². The summed E-state index contributed by atoms with van der Waals surface area (Å²) < 4.78 is 0. The van der Waals surface area contributed by atoms with Gasteiger partial charge >= 0.3 is 0 Å². The van der Waals surface area contributed by atoms with Gasteiger partial charge in [-0.25, -0.2) is 9.97 Å². The van der Waals surface area contributed by atoms with Crippen molar-refractivity contribution in [2.75, 3.05) is 13.1 Å². The second kappa shape index (κ2) is 5.55. The lowest BCUT2D eigenvalue weighted by Gasteiger charge is -2.34. The molecule has 2 heterocycles. The van der Waals surface area contributed by atoms with E-state index in [1.165, 1.54) is 44.3 Å². The van der Waals surface area contributed by atoms with E-state index in [0.717, 1.165) is 18.4 Å². The third kappa shape index (κ3) is 2.79. The van der Waals surface area contributed by atoms with Gasteiger partial charge in [0.2, 0.25) is 0 Å². The summed E-state index contributed by atoms with van der Waals surface area (Å²) in [6.07, 6.45) is 8.41. The first kappa shape index (κ1) is 13.0. The topological polar surface area (TPSA) is 55.0 Å². The second-order valence-corrected chi connectivity index (χ2v) is 5.93. The normalized spacial score (nSPS) is 29.2. The van der Waals surface area contributed by atoms with Crippen molar-refractivity contribution in [2.24, 2.45) is 11.7 Å². The Morgan fingerprint density at radius 3 is 2.84 bits per heavy atom. The maximum atomic E-state index is 6.05. The van der Waals surface area contributed by atoms with E-state index >= 15 is 0 Å². The first-order chi connectivity index (χ1) is 9.29. The number of hydrogen-bond acceptors (Lipinski definition) is 4. The van der Waals surface area contributed by atoms with Gasteiger partial charge < -0.3 is 5.73 Å². The predicted molar refractivity (Wildman–Crippen MR) is 75.6 cm³/mol. The molecular formula is C15H24N4. The number of nitrogens with two attached hydrogens (primary N) is 1. The number of rotatable bonds is 3. The molecule has 104 valence electrons. The minimum Gasteiger partial charge on any atom is -0.330 e. The van der Waals surface area contributed by atoms with Crippen LogP contribution in [-0.2, 0) is 0 Å². The standard InChI is InChI=1S/C15H24N4/c1-11-17-8-7-14(18-11)15-12(10-16)4-2-3-9-19(15)13-5-6-13/h7-8,12-13,15H,2-6,9-10,16H2,1H3. The lowest BCUT2D eigenvalue weighted by Crippen LogP contribution is -2.37. The molecule has 2 aliphatic rings. The highest BCUT2D eigenvalue weighted by molar-refractivity contribution is 5.12. The molecule has 0 bridgehead atoms. The minimum absolute atomic E-state index is 0.404. The van der Waals surface area contributed by atoms with E-state index < -0.39 is 0 Å². The Bertz CT molecular complexity index is 430. The van der Waals surface area contributed by atoms with Gasteiger partial charge in [0.1, 0.15) is 5.82 Å². The van der Waals surface area contributed by atoms with Crippen molar-refractivity contribution >= 4 is 0 Å². The van der Waals surface area contributed by atoms with Crippen molar-refractivity contribution in [1.82, 2.24) is 14.9 Å². The van der Waals surface area contributed by atoms with Crippen LogP contribution in [0.5, 0.6) is 0 Å². The summed E-state index contributed by atoms with van der Waals surface area (Å²) >= 11 is 0. The van der Waals surface area contributed by atoms with Crippen LogP contribution >= 0.6 is 0 Å². The molecule has 1 saturated carbocycles. The molecule has 0 amide bonds. The highest BCUT2D eigenvalue weighted by Crippen LogP contribution is 2.40. The molecule has 4 heteroatoms. The van der Waals surface area contributed by atoms with Crippen LogP contribution in [0.15, 0.2) is 12.3 Å². The number of hydrogen-bond donors (Lipinski definition) is 1. The molecule has 1 aromatic heterocycles. The first-order valence-corrected chi connectivity index (χ1v) is 7.55. The van der Waals surface area contributed by atoms with E-state index in [-0.39, 0.29) is 0 Å². The Hall–Kier alpha value is -1.00. The summed E-state index contributed by atoms with van der Waals surface area (Å²) in [6, 6.07) is 3.26. The summed E-state index contributed by atoms with van der Waals surface area (Å²) in [7, 11) is 0. The SMILES string of the molecule is Cc1nccc(C2C(CN)CCCCN2C2CC2)n1. The Morgan fingerprint density at radius 1 is 1.32 bits per heavy atom. The van der Waals surface area contributed by atoms with Gasteiger partial charge in [0.25, 0.3) is 0 Å². The highest BCUT2D eigenvalue weighted by atomic mass is 15.2. The molecule has 1 aromatic rings. The van der Waals surface area contributed by atoms with Gasteiger partial charge in [-0.1, -0.05) is 6.42 Å². The minimum atomic E-state index is 0.404. The maximum Gasteiger partial charge on any atom is 0.125 e. The van der Waals surface area contributed by atoms with Crippen molar-refractivity contribution in [2.45, 2.75) is 51.1 Å². The monoisotopic (exact) mass is 260 g/mol. The number of likely N-dealkylation sites (tertiary alicyclic amines) is 1. The Balaban J connectivity index is 1.94. The summed E-state index contributed by atoms with van der Waals surface area (Å²) in [5.41, 5.74) is 7.23. The van der Waals surface area contributed by atoms with Gasteiger partial charge in [-0.3, -0.25) is 4.90 Å². The largest absolute Gasteiger partial charge is 0.330 e. The van der Waals surface area contributed by atoms with E-state index in [9.17, 15) is 0 Å². The average molecular weight is 260 g/mol. The lowest BCUT2D eigenvalue weighted by molar-refractivity contribution is 0.145. The third-order valence-corrected chi connectivity index (χ3v) is 4.46. The van der Waals surface area contributed by atoms with Gasteiger partial charge in [0.05, 0.1) is 11.7 Å².